The van der Waals surface area contributed by atoms with E-state index in [1.165, 1.54) is 32.9 Å². The first kappa shape index (κ1) is 20.3. The van der Waals surface area contributed by atoms with E-state index >= 15 is 0 Å². The fraction of sp³-hybridized carbons (Fsp3) is 0.435. The predicted octanol–water partition coefficient (Wildman–Crippen LogP) is 3.90. The van der Waals surface area contributed by atoms with Crippen LogP contribution in [0.1, 0.15) is 25.7 Å². The zero-order valence-corrected chi connectivity index (χ0v) is 17.6. The molecule has 3 aromatic rings. The lowest BCUT2D eigenvalue weighted by molar-refractivity contribution is 0.353. The Balaban J connectivity index is 1.57. The lowest BCUT2D eigenvalue weighted by Crippen LogP contribution is -2.29. The summed E-state index contributed by atoms with van der Waals surface area (Å²) >= 11 is 0. The van der Waals surface area contributed by atoms with Crippen LogP contribution >= 0.6 is 0 Å². The van der Waals surface area contributed by atoms with Gasteiger partial charge in [-0.05, 0) is 56.8 Å². The highest BCUT2D eigenvalue weighted by Crippen LogP contribution is 2.32. The summed E-state index contributed by atoms with van der Waals surface area (Å²) in [6.45, 7) is 3.25. The van der Waals surface area contributed by atoms with Crippen LogP contribution in [0.15, 0.2) is 36.5 Å². The number of rotatable bonds is 8. The van der Waals surface area contributed by atoms with Crippen molar-refractivity contribution in [3.05, 3.63) is 36.5 Å². The second-order valence-electron chi connectivity index (χ2n) is 7.63. The molecule has 1 fully saturated rings. The van der Waals surface area contributed by atoms with Gasteiger partial charge in [0.1, 0.15) is 0 Å². The van der Waals surface area contributed by atoms with Crippen molar-refractivity contribution in [3.8, 4) is 23.1 Å². The van der Waals surface area contributed by atoms with Gasteiger partial charge in [0.2, 0.25) is 5.88 Å². The van der Waals surface area contributed by atoms with E-state index in [1.54, 1.807) is 13.3 Å². The van der Waals surface area contributed by atoms with Crippen molar-refractivity contribution >= 4 is 16.6 Å². The maximum Gasteiger partial charge on any atom is 0.319 e. The van der Waals surface area contributed by atoms with Crippen molar-refractivity contribution in [1.82, 2.24) is 20.3 Å². The number of fused-ring (bicyclic) bond motifs is 1. The topological polar surface area (TPSA) is 81.2 Å². The van der Waals surface area contributed by atoms with Crippen LogP contribution in [-0.2, 0) is 0 Å². The molecule has 1 atom stereocenters. The molecule has 0 bridgehead atoms. The quantitative estimate of drug-likeness (QED) is 0.548. The third-order valence-electron chi connectivity index (χ3n) is 5.60. The molecule has 1 unspecified atom stereocenters. The van der Waals surface area contributed by atoms with Gasteiger partial charge in [-0.15, -0.1) is 0 Å². The van der Waals surface area contributed by atoms with Crippen molar-refractivity contribution in [2.75, 3.05) is 39.2 Å². The Labute approximate surface area is 177 Å². The Bertz CT molecular complexity index is 988. The van der Waals surface area contributed by atoms with Gasteiger partial charge < -0.3 is 20.1 Å². The monoisotopic (exact) mass is 407 g/mol. The fourth-order valence-electron chi connectivity index (χ4n) is 4.02. The molecular weight excluding hydrogens is 378 g/mol. The molecule has 30 heavy (non-hydrogen) atoms. The lowest BCUT2D eigenvalue weighted by atomic mass is 9.95. The second kappa shape index (κ2) is 9.71. The molecule has 7 heteroatoms. The van der Waals surface area contributed by atoms with Crippen LogP contribution in [0.25, 0.3) is 22.2 Å². The van der Waals surface area contributed by atoms with Crippen molar-refractivity contribution in [2.45, 2.75) is 25.7 Å². The summed E-state index contributed by atoms with van der Waals surface area (Å²) in [7, 11) is 3.12. The van der Waals surface area contributed by atoms with Gasteiger partial charge in [-0.25, -0.2) is 9.97 Å². The molecule has 0 saturated carbocycles. The predicted molar refractivity (Wildman–Crippen MR) is 119 cm³/mol. The van der Waals surface area contributed by atoms with Crippen LogP contribution in [0.2, 0.25) is 0 Å². The smallest absolute Gasteiger partial charge is 0.319 e. The van der Waals surface area contributed by atoms with Gasteiger partial charge in [-0.3, -0.25) is 0 Å². The first-order valence-electron chi connectivity index (χ1n) is 10.6. The van der Waals surface area contributed by atoms with E-state index in [0.29, 0.717) is 5.88 Å². The summed E-state index contributed by atoms with van der Waals surface area (Å²) in [5, 5.41) is 8.24. The van der Waals surface area contributed by atoms with Gasteiger partial charge in [0.05, 0.1) is 31.0 Å². The number of aromatic nitrogens is 3. The van der Waals surface area contributed by atoms with Crippen LogP contribution in [0, 0.1) is 5.92 Å². The van der Waals surface area contributed by atoms with Gasteiger partial charge in [0, 0.05) is 23.8 Å². The van der Waals surface area contributed by atoms with Gasteiger partial charge in [-0.1, -0.05) is 18.2 Å². The van der Waals surface area contributed by atoms with E-state index in [1.807, 2.05) is 18.2 Å². The summed E-state index contributed by atoms with van der Waals surface area (Å²) in [5.41, 5.74) is 3.50. The van der Waals surface area contributed by atoms with Crippen molar-refractivity contribution in [1.29, 1.82) is 0 Å². The zero-order valence-electron chi connectivity index (χ0n) is 17.6. The van der Waals surface area contributed by atoms with E-state index in [9.17, 15) is 0 Å². The number of anilines is 1. The fourth-order valence-corrected chi connectivity index (χ4v) is 4.02. The highest BCUT2D eigenvalue weighted by molar-refractivity contribution is 5.94. The van der Waals surface area contributed by atoms with E-state index in [-0.39, 0.29) is 6.01 Å². The van der Waals surface area contributed by atoms with E-state index in [0.717, 1.165) is 53.3 Å². The number of hydrogen-bond acceptors (Lipinski definition) is 7. The Morgan fingerprint density at radius 1 is 1.17 bits per heavy atom. The van der Waals surface area contributed by atoms with Crippen LogP contribution in [-0.4, -0.2) is 48.8 Å². The normalized spacial score (nSPS) is 16.4. The molecular formula is C23H29N5O2. The van der Waals surface area contributed by atoms with Gasteiger partial charge in [-0.2, -0.15) is 4.98 Å². The largest absolute Gasteiger partial charge is 0.480 e. The molecule has 2 N–H and O–H groups in total. The molecule has 4 rings (SSSR count). The SMILES string of the molecule is COc1ncc(-c2cc(NCCCC3CCCNC3)c3ccccc3n2)c(OC)n1. The summed E-state index contributed by atoms with van der Waals surface area (Å²) < 4.78 is 10.6. The number of hydrogen-bond donors (Lipinski definition) is 2. The molecule has 0 radical (unpaired) electrons. The van der Waals surface area contributed by atoms with E-state index < -0.39 is 0 Å². The molecule has 2 aromatic heterocycles. The first-order chi connectivity index (χ1) is 14.8. The number of piperidine rings is 1. The van der Waals surface area contributed by atoms with E-state index in [2.05, 4.69) is 32.7 Å². The third kappa shape index (κ3) is 4.62. The highest BCUT2D eigenvalue weighted by Gasteiger charge is 2.15. The minimum absolute atomic E-state index is 0.270. The van der Waals surface area contributed by atoms with Crippen LogP contribution in [0.5, 0.6) is 11.9 Å². The van der Waals surface area contributed by atoms with Gasteiger partial charge in [0.25, 0.3) is 0 Å². The number of benzene rings is 1. The summed E-state index contributed by atoms with van der Waals surface area (Å²) in [4.78, 5) is 13.4. The molecule has 158 valence electrons. The number of nitrogens with one attached hydrogen (secondary N) is 2. The maximum absolute atomic E-state index is 5.46. The van der Waals surface area contributed by atoms with E-state index in [4.69, 9.17) is 14.5 Å². The number of nitrogens with zero attached hydrogens (tertiary/aromatic N) is 3. The molecule has 0 spiro atoms. The molecule has 0 aliphatic carbocycles. The van der Waals surface area contributed by atoms with Crippen molar-refractivity contribution in [2.24, 2.45) is 5.92 Å². The Morgan fingerprint density at radius 2 is 2.07 bits per heavy atom. The van der Waals surface area contributed by atoms with Gasteiger partial charge >= 0.3 is 6.01 Å². The minimum Gasteiger partial charge on any atom is -0.480 e. The standard InChI is InChI=1S/C23H29N5O2/c1-29-22-18(15-26-23(28-22)30-2)21-13-20(17-9-3-4-10-19(17)27-21)25-12-6-8-16-7-5-11-24-14-16/h3-4,9-10,13,15-16,24H,5-8,11-12,14H2,1-2H3,(H,25,27). The molecule has 1 aliphatic heterocycles. The molecule has 3 heterocycles. The van der Waals surface area contributed by atoms with Crippen LogP contribution in [0.3, 0.4) is 0 Å². The molecule has 0 amide bonds. The third-order valence-corrected chi connectivity index (χ3v) is 5.60. The van der Waals surface area contributed by atoms with Crippen LogP contribution in [0.4, 0.5) is 5.69 Å². The summed E-state index contributed by atoms with van der Waals surface area (Å²) in [6.07, 6.45) is 6.72. The van der Waals surface area contributed by atoms with Crippen molar-refractivity contribution < 1.29 is 9.47 Å². The minimum atomic E-state index is 0.270. The number of pyridine rings is 1. The zero-order chi connectivity index (χ0) is 20.8. The van der Waals surface area contributed by atoms with Crippen molar-refractivity contribution in [3.63, 3.8) is 0 Å². The second-order valence-corrected chi connectivity index (χ2v) is 7.63. The summed E-state index contributed by atoms with van der Waals surface area (Å²) in [6, 6.07) is 10.5. The number of ether oxygens (including phenoxy) is 2. The Hall–Kier alpha value is -2.93. The Morgan fingerprint density at radius 3 is 2.87 bits per heavy atom. The lowest BCUT2D eigenvalue weighted by Gasteiger charge is -2.22. The van der Waals surface area contributed by atoms with Crippen LogP contribution < -0.4 is 20.1 Å². The summed E-state index contributed by atoms with van der Waals surface area (Å²) in [5.74, 6) is 1.24. The maximum atomic E-state index is 5.46. The molecule has 1 aliphatic rings. The average molecular weight is 408 g/mol. The average Bonchev–Trinajstić information content (AvgIpc) is 2.81. The Kier molecular flexibility index (Phi) is 6.59. The molecule has 1 saturated heterocycles. The number of para-hydroxylation sites is 1. The van der Waals surface area contributed by atoms with Gasteiger partial charge in [0.15, 0.2) is 0 Å². The molecule has 7 nitrogen and oxygen atoms in total. The number of methoxy groups -OCH3 is 2. The molecule has 1 aromatic carbocycles. The first-order valence-corrected chi connectivity index (χ1v) is 10.6. The highest BCUT2D eigenvalue weighted by atomic mass is 16.5.